The van der Waals surface area contributed by atoms with Gasteiger partial charge in [0.25, 0.3) is 5.91 Å². The standard InChI is InChI=1S/C18H21NO3/c1-3-22-13-14-8-7-11-16(12-14)19-18(20)17(21-2)15-9-5-4-6-10-15/h4-12,17H,3,13H2,1-2H3,(H,19,20). The third-order valence-corrected chi connectivity index (χ3v) is 3.24. The first-order valence-electron chi connectivity index (χ1n) is 7.30. The highest BCUT2D eigenvalue weighted by atomic mass is 16.5. The molecule has 0 spiro atoms. The smallest absolute Gasteiger partial charge is 0.258 e. The van der Waals surface area contributed by atoms with Crippen LogP contribution in [0.25, 0.3) is 0 Å². The molecule has 4 heteroatoms. The number of amides is 1. The zero-order valence-corrected chi connectivity index (χ0v) is 12.9. The Hall–Kier alpha value is -2.17. The molecule has 0 aliphatic carbocycles. The molecule has 0 bridgehead atoms. The Balaban J connectivity index is 2.07. The second-order valence-electron chi connectivity index (χ2n) is 4.85. The second kappa shape index (κ2) is 8.32. The molecule has 22 heavy (non-hydrogen) atoms. The van der Waals surface area contributed by atoms with Crippen molar-refractivity contribution in [1.82, 2.24) is 0 Å². The fourth-order valence-corrected chi connectivity index (χ4v) is 2.19. The predicted molar refractivity (Wildman–Crippen MR) is 86.6 cm³/mol. The highest BCUT2D eigenvalue weighted by Crippen LogP contribution is 2.19. The molecule has 0 aliphatic heterocycles. The number of rotatable bonds is 7. The summed E-state index contributed by atoms with van der Waals surface area (Å²) in [5.41, 5.74) is 2.58. The quantitative estimate of drug-likeness (QED) is 0.850. The van der Waals surface area contributed by atoms with E-state index in [1.54, 1.807) is 0 Å². The Labute approximate surface area is 131 Å². The van der Waals surface area contributed by atoms with Crippen LogP contribution in [0.3, 0.4) is 0 Å². The number of nitrogens with one attached hydrogen (secondary N) is 1. The van der Waals surface area contributed by atoms with Crippen LogP contribution in [0, 0.1) is 0 Å². The van der Waals surface area contributed by atoms with Crippen molar-refractivity contribution in [2.45, 2.75) is 19.6 Å². The van der Waals surface area contributed by atoms with Gasteiger partial charge in [0.15, 0.2) is 6.10 Å². The van der Waals surface area contributed by atoms with E-state index in [2.05, 4.69) is 5.32 Å². The SMILES string of the molecule is CCOCc1cccc(NC(=O)C(OC)c2ccccc2)c1. The average Bonchev–Trinajstić information content (AvgIpc) is 2.55. The molecule has 0 saturated heterocycles. The van der Waals surface area contributed by atoms with E-state index in [4.69, 9.17) is 9.47 Å². The minimum atomic E-state index is -0.628. The third-order valence-electron chi connectivity index (χ3n) is 3.24. The molecule has 2 rings (SSSR count). The van der Waals surface area contributed by atoms with Gasteiger partial charge in [-0.15, -0.1) is 0 Å². The zero-order valence-electron chi connectivity index (χ0n) is 12.9. The van der Waals surface area contributed by atoms with Crippen LogP contribution >= 0.6 is 0 Å². The molecule has 0 heterocycles. The lowest BCUT2D eigenvalue weighted by atomic mass is 10.1. The molecule has 1 N–H and O–H groups in total. The van der Waals surface area contributed by atoms with Crippen LogP contribution in [-0.4, -0.2) is 19.6 Å². The van der Waals surface area contributed by atoms with E-state index in [1.807, 2.05) is 61.5 Å². The lowest BCUT2D eigenvalue weighted by Crippen LogP contribution is -2.22. The lowest BCUT2D eigenvalue weighted by molar-refractivity contribution is -0.126. The Kier molecular flexibility index (Phi) is 6.13. The number of ether oxygens (including phenoxy) is 2. The van der Waals surface area contributed by atoms with E-state index in [-0.39, 0.29) is 5.91 Å². The largest absolute Gasteiger partial charge is 0.377 e. The van der Waals surface area contributed by atoms with E-state index in [1.165, 1.54) is 7.11 Å². The lowest BCUT2D eigenvalue weighted by Gasteiger charge is -2.16. The Morgan fingerprint density at radius 1 is 1.14 bits per heavy atom. The van der Waals surface area contributed by atoms with Gasteiger partial charge in [-0.05, 0) is 30.2 Å². The highest BCUT2D eigenvalue weighted by molar-refractivity contribution is 5.94. The topological polar surface area (TPSA) is 47.6 Å². The van der Waals surface area contributed by atoms with E-state index in [0.29, 0.717) is 13.2 Å². The molecule has 2 aromatic carbocycles. The van der Waals surface area contributed by atoms with Gasteiger partial charge in [0, 0.05) is 19.4 Å². The molecule has 116 valence electrons. The van der Waals surface area contributed by atoms with Crippen molar-refractivity contribution in [2.75, 3.05) is 19.0 Å². The first-order chi connectivity index (χ1) is 10.7. The number of methoxy groups -OCH3 is 1. The summed E-state index contributed by atoms with van der Waals surface area (Å²) >= 11 is 0. The summed E-state index contributed by atoms with van der Waals surface area (Å²) in [5, 5.41) is 2.89. The van der Waals surface area contributed by atoms with Crippen molar-refractivity contribution in [3.8, 4) is 0 Å². The third kappa shape index (κ3) is 4.41. The van der Waals surface area contributed by atoms with Gasteiger partial charge in [-0.2, -0.15) is 0 Å². The molecule has 1 unspecified atom stereocenters. The maximum Gasteiger partial charge on any atom is 0.258 e. The van der Waals surface area contributed by atoms with Gasteiger partial charge in [-0.3, -0.25) is 4.79 Å². The van der Waals surface area contributed by atoms with Crippen LogP contribution in [-0.2, 0) is 20.9 Å². The molecule has 0 fully saturated rings. The summed E-state index contributed by atoms with van der Waals surface area (Å²) in [5.74, 6) is -0.192. The van der Waals surface area contributed by atoms with Crippen molar-refractivity contribution < 1.29 is 14.3 Å². The Bertz CT molecular complexity index is 598. The summed E-state index contributed by atoms with van der Waals surface area (Å²) in [6.07, 6.45) is -0.628. The molecule has 2 aromatic rings. The predicted octanol–water partition coefficient (Wildman–Crippen LogP) is 3.55. The van der Waals surface area contributed by atoms with Crippen molar-refractivity contribution >= 4 is 11.6 Å². The highest BCUT2D eigenvalue weighted by Gasteiger charge is 2.19. The van der Waals surface area contributed by atoms with E-state index in [0.717, 1.165) is 16.8 Å². The van der Waals surface area contributed by atoms with Crippen molar-refractivity contribution in [3.63, 3.8) is 0 Å². The van der Waals surface area contributed by atoms with Crippen LogP contribution in [0.15, 0.2) is 54.6 Å². The molecule has 1 atom stereocenters. The van der Waals surface area contributed by atoms with Crippen molar-refractivity contribution in [3.05, 3.63) is 65.7 Å². The van der Waals surface area contributed by atoms with Gasteiger partial charge in [-0.25, -0.2) is 0 Å². The fraction of sp³-hybridized carbons (Fsp3) is 0.278. The maximum absolute atomic E-state index is 12.4. The molecular formula is C18H21NO3. The monoisotopic (exact) mass is 299 g/mol. The summed E-state index contributed by atoms with van der Waals surface area (Å²) < 4.78 is 10.7. The van der Waals surface area contributed by atoms with Crippen molar-refractivity contribution in [1.29, 1.82) is 0 Å². The van der Waals surface area contributed by atoms with E-state index in [9.17, 15) is 4.79 Å². The Morgan fingerprint density at radius 3 is 2.59 bits per heavy atom. The fourth-order valence-electron chi connectivity index (χ4n) is 2.19. The molecule has 0 saturated carbocycles. The molecule has 0 aromatic heterocycles. The summed E-state index contributed by atoms with van der Waals surface area (Å²) in [4.78, 5) is 12.4. The van der Waals surface area contributed by atoms with Gasteiger partial charge >= 0.3 is 0 Å². The maximum atomic E-state index is 12.4. The van der Waals surface area contributed by atoms with E-state index < -0.39 is 6.10 Å². The van der Waals surface area contributed by atoms with Gasteiger partial charge in [0.2, 0.25) is 0 Å². The zero-order chi connectivity index (χ0) is 15.8. The number of carbonyl (C=O) groups is 1. The van der Waals surface area contributed by atoms with Crippen LogP contribution in [0.4, 0.5) is 5.69 Å². The number of benzene rings is 2. The molecule has 0 radical (unpaired) electrons. The van der Waals surface area contributed by atoms with Crippen LogP contribution in [0.1, 0.15) is 24.2 Å². The normalized spacial score (nSPS) is 11.9. The number of hydrogen-bond acceptors (Lipinski definition) is 3. The summed E-state index contributed by atoms with van der Waals surface area (Å²) in [6.45, 7) is 3.15. The molecule has 1 amide bonds. The molecule has 4 nitrogen and oxygen atoms in total. The van der Waals surface area contributed by atoms with Crippen molar-refractivity contribution in [2.24, 2.45) is 0 Å². The first-order valence-corrected chi connectivity index (χ1v) is 7.30. The van der Waals surface area contributed by atoms with Gasteiger partial charge in [0.1, 0.15) is 0 Å². The summed E-state index contributed by atoms with van der Waals surface area (Å²) in [6, 6.07) is 17.1. The first kappa shape index (κ1) is 16.2. The van der Waals surface area contributed by atoms with E-state index >= 15 is 0 Å². The van der Waals surface area contributed by atoms with Gasteiger partial charge in [-0.1, -0.05) is 42.5 Å². The van der Waals surface area contributed by atoms with Gasteiger partial charge in [0.05, 0.1) is 6.61 Å². The summed E-state index contributed by atoms with van der Waals surface area (Å²) in [7, 11) is 1.53. The minimum absolute atomic E-state index is 0.192. The average molecular weight is 299 g/mol. The van der Waals surface area contributed by atoms with Crippen LogP contribution in [0.5, 0.6) is 0 Å². The van der Waals surface area contributed by atoms with Crippen LogP contribution in [0.2, 0.25) is 0 Å². The van der Waals surface area contributed by atoms with Gasteiger partial charge < -0.3 is 14.8 Å². The Morgan fingerprint density at radius 2 is 1.91 bits per heavy atom. The van der Waals surface area contributed by atoms with Crippen LogP contribution < -0.4 is 5.32 Å². The molecule has 0 aliphatic rings. The molecular weight excluding hydrogens is 278 g/mol. The number of hydrogen-bond donors (Lipinski definition) is 1. The number of anilines is 1. The second-order valence-corrected chi connectivity index (χ2v) is 4.85. The number of carbonyl (C=O) groups excluding carboxylic acids is 1. The minimum Gasteiger partial charge on any atom is -0.377 e.